The Kier molecular flexibility index (Phi) is 3.30. The number of fused-ring (bicyclic) bond motifs is 1. The van der Waals surface area contributed by atoms with Gasteiger partial charge >= 0.3 is 12.2 Å². The van der Waals surface area contributed by atoms with Gasteiger partial charge in [-0.1, -0.05) is 5.16 Å². The molecule has 10 heteroatoms. The molecular formula is C12H12F3N5O2. The average Bonchev–Trinajstić information content (AvgIpc) is 3.03. The summed E-state index contributed by atoms with van der Waals surface area (Å²) in [6.45, 7) is 1.80. The van der Waals surface area contributed by atoms with E-state index in [1.54, 1.807) is 6.92 Å². The van der Waals surface area contributed by atoms with Crippen molar-refractivity contribution in [3.8, 4) is 0 Å². The SMILES string of the molecule is Cc1cc(NC(=O)N2CCc3[nH]nc(C(F)(F)F)c3C2)on1. The molecule has 1 aliphatic heterocycles. The monoisotopic (exact) mass is 315 g/mol. The number of aryl methyl sites for hydroxylation is 1. The van der Waals surface area contributed by atoms with E-state index < -0.39 is 17.9 Å². The number of carbonyl (C=O) groups excluding carboxylic acids is 1. The highest BCUT2D eigenvalue weighted by atomic mass is 19.4. The van der Waals surface area contributed by atoms with Crippen molar-refractivity contribution >= 4 is 11.9 Å². The number of carbonyl (C=O) groups is 1. The van der Waals surface area contributed by atoms with E-state index in [1.165, 1.54) is 11.0 Å². The van der Waals surface area contributed by atoms with Crippen molar-refractivity contribution in [2.75, 3.05) is 11.9 Å². The number of hydrogen-bond donors (Lipinski definition) is 2. The van der Waals surface area contributed by atoms with Crippen LogP contribution in [0.25, 0.3) is 0 Å². The summed E-state index contributed by atoms with van der Waals surface area (Å²) >= 11 is 0. The number of urea groups is 1. The van der Waals surface area contributed by atoms with Crippen LogP contribution in [0.15, 0.2) is 10.6 Å². The molecule has 0 fully saturated rings. The molecule has 0 aliphatic carbocycles. The van der Waals surface area contributed by atoms with Crippen LogP contribution in [0, 0.1) is 6.92 Å². The molecule has 2 aromatic rings. The molecule has 0 radical (unpaired) electrons. The third-order valence-electron chi connectivity index (χ3n) is 3.35. The maximum Gasteiger partial charge on any atom is 0.435 e. The van der Waals surface area contributed by atoms with Gasteiger partial charge in [-0.3, -0.25) is 10.4 Å². The Morgan fingerprint density at radius 1 is 1.50 bits per heavy atom. The molecule has 0 saturated heterocycles. The van der Waals surface area contributed by atoms with Crippen LogP contribution in [0.1, 0.15) is 22.6 Å². The highest BCUT2D eigenvalue weighted by Gasteiger charge is 2.39. The summed E-state index contributed by atoms with van der Waals surface area (Å²) < 4.78 is 43.4. The van der Waals surface area contributed by atoms with Gasteiger partial charge < -0.3 is 9.42 Å². The second kappa shape index (κ2) is 5.04. The van der Waals surface area contributed by atoms with Crippen LogP contribution >= 0.6 is 0 Å². The number of aromatic nitrogens is 3. The number of hydrogen-bond acceptors (Lipinski definition) is 4. The van der Waals surface area contributed by atoms with E-state index in [9.17, 15) is 18.0 Å². The fourth-order valence-electron chi connectivity index (χ4n) is 2.31. The van der Waals surface area contributed by atoms with E-state index >= 15 is 0 Å². The predicted octanol–water partition coefficient (Wildman–Crippen LogP) is 2.32. The molecule has 22 heavy (non-hydrogen) atoms. The number of rotatable bonds is 1. The molecule has 0 spiro atoms. The summed E-state index contributed by atoms with van der Waals surface area (Å²) in [4.78, 5) is 13.4. The van der Waals surface area contributed by atoms with Crippen LogP contribution in [-0.2, 0) is 19.1 Å². The smallest absolute Gasteiger partial charge is 0.338 e. The Bertz CT molecular complexity index is 706. The van der Waals surface area contributed by atoms with E-state index in [2.05, 4.69) is 20.7 Å². The van der Waals surface area contributed by atoms with Crippen molar-refractivity contribution in [2.24, 2.45) is 0 Å². The van der Waals surface area contributed by atoms with Crippen LogP contribution < -0.4 is 5.32 Å². The minimum Gasteiger partial charge on any atom is -0.338 e. The number of alkyl halides is 3. The topological polar surface area (TPSA) is 87.0 Å². The Balaban J connectivity index is 1.76. The molecule has 3 rings (SSSR count). The van der Waals surface area contributed by atoms with Gasteiger partial charge in [0.1, 0.15) is 0 Å². The first kappa shape index (κ1) is 14.4. The van der Waals surface area contributed by atoms with Gasteiger partial charge in [0.15, 0.2) is 5.69 Å². The molecular weight excluding hydrogens is 303 g/mol. The molecule has 7 nitrogen and oxygen atoms in total. The zero-order valence-corrected chi connectivity index (χ0v) is 11.5. The standard InChI is InChI=1S/C12H12F3N5O2/c1-6-4-9(22-19-6)16-11(21)20-3-2-8-7(5-20)10(18-17-8)12(13,14)15/h4H,2-3,5H2,1H3,(H,16,21)(H,17,18). The zero-order valence-electron chi connectivity index (χ0n) is 11.5. The Morgan fingerprint density at radius 2 is 2.27 bits per heavy atom. The van der Waals surface area contributed by atoms with Gasteiger partial charge in [0.25, 0.3) is 0 Å². The lowest BCUT2D eigenvalue weighted by atomic mass is 10.1. The molecule has 2 amide bonds. The van der Waals surface area contributed by atoms with Crippen molar-refractivity contribution < 1.29 is 22.5 Å². The van der Waals surface area contributed by atoms with E-state index in [-0.39, 0.29) is 31.0 Å². The van der Waals surface area contributed by atoms with E-state index in [4.69, 9.17) is 4.52 Å². The first-order valence-corrected chi connectivity index (χ1v) is 6.47. The fourth-order valence-corrected chi connectivity index (χ4v) is 2.31. The maximum atomic E-state index is 12.9. The maximum absolute atomic E-state index is 12.9. The highest BCUT2D eigenvalue weighted by Crippen LogP contribution is 2.34. The summed E-state index contributed by atoms with van der Waals surface area (Å²) in [5.74, 6) is 0.150. The quantitative estimate of drug-likeness (QED) is 0.845. The lowest BCUT2D eigenvalue weighted by molar-refractivity contribution is -0.142. The Hall–Kier alpha value is -2.52. The molecule has 1 aliphatic rings. The summed E-state index contributed by atoms with van der Waals surface area (Å²) in [6, 6.07) is 0.975. The third kappa shape index (κ3) is 2.63. The normalized spacial score (nSPS) is 14.8. The number of H-pyrrole nitrogens is 1. The lowest BCUT2D eigenvalue weighted by Gasteiger charge is -2.27. The van der Waals surface area contributed by atoms with Crippen molar-refractivity contribution in [3.05, 3.63) is 28.7 Å². The van der Waals surface area contributed by atoms with Gasteiger partial charge in [0, 0.05) is 30.3 Å². The van der Waals surface area contributed by atoms with Crippen molar-refractivity contribution in [1.82, 2.24) is 20.3 Å². The third-order valence-corrected chi connectivity index (χ3v) is 3.35. The van der Waals surface area contributed by atoms with Crippen molar-refractivity contribution in [3.63, 3.8) is 0 Å². The summed E-state index contributed by atoms with van der Waals surface area (Å²) in [5, 5.41) is 11.8. The summed E-state index contributed by atoms with van der Waals surface area (Å²) in [5.41, 5.74) is 0.0236. The number of nitrogens with zero attached hydrogens (tertiary/aromatic N) is 3. The average molecular weight is 315 g/mol. The van der Waals surface area contributed by atoms with Crippen LogP contribution in [0.3, 0.4) is 0 Å². The van der Waals surface area contributed by atoms with E-state index in [1.807, 2.05) is 0 Å². The number of aromatic amines is 1. The zero-order chi connectivity index (χ0) is 15.9. The van der Waals surface area contributed by atoms with Crippen LogP contribution in [-0.4, -0.2) is 32.8 Å². The van der Waals surface area contributed by atoms with Crippen LogP contribution in [0.4, 0.5) is 23.8 Å². The number of nitrogens with one attached hydrogen (secondary N) is 2. The second-order valence-electron chi connectivity index (χ2n) is 4.96. The van der Waals surface area contributed by atoms with Crippen molar-refractivity contribution in [2.45, 2.75) is 26.1 Å². The molecule has 118 valence electrons. The van der Waals surface area contributed by atoms with Gasteiger partial charge in [-0.15, -0.1) is 0 Å². The number of amides is 2. The van der Waals surface area contributed by atoms with Gasteiger partial charge in [-0.05, 0) is 6.92 Å². The summed E-state index contributed by atoms with van der Waals surface area (Å²) in [7, 11) is 0. The Morgan fingerprint density at radius 3 is 2.91 bits per heavy atom. The summed E-state index contributed by atoms with van der Waals surface area (Å²) in [6.07, 6.45) is -4.27. The molecule has 0 unspecified atom stereocenters. The first-order chi connectivity index (χ1) is 10.3. The molecule has 3 heterocycles. The number of anilines is 1. The molecule has 0 aromatic carbocycles. The Labute approximate surface area is 122 Å². The van der Waals surface area contributed by atoms with Crippen molar-refractivity contribution in [1.29, 1.82) is 0 Å². The van der Waals surface area contributed by atoms with Gasteiger partial charge in [-0.25, -0.2) is 4.79 Å². The molecule has 2 N–H and O–H groups in total. The van der Waals surface area contributed by atoms with E-state index in [0.29, 0.717) is 11.4 Å². The minimum atomic E-state index is -4.55. The van der Waals surface area contributed by atoms with Gasteiger partial charge in [0.05, 0.1) is 12.2 Å². The molecule has 2 aromatic heterocycles. The number of halogens is 3. The fraction of sp³-hybridized carbons (Fsp3) is 0.417. The minimum absolute atomic E-state index is 0.00245. The predicted molar refractivity (Wildman–Crippen MR) is 68.0 cm³/mol. The lowest BCUT2D eigenvalue weighted by Crippen LogP contribution is -2.39. The molecule has 0 bridgehead atoms. The second-order valence-corrected chi connectivity index (χ2v) is 4.96. The first-order valence-electron chi connectivity index (χ1n) is 6.47. The van der Waals surface area contributed by atoms with Gasteiger partial charge in [0.2, 0.25) is 5.88 Å². The van der Waals surface area contributed by atoms with E-state index in [0.717, 1.165) is 0 Å². The highest BCUT2D eigenvalue weighted by molar-refractivity contribution is 5.88. The van der Waals surface area contributed by atoms with Gasteiger partial charge in [-0.2, -0.15) is 18.3 Å². The molecule has 0 saturated carbocycles. The largest absolute Gasteiger partial charge is 0.435 e. The van der Waals surface area contributed by atoms with Crippen LogP contribution in [0.2, 0.25) is 0 Å². The molecule has 0 atom stereocenters. The van der Waals surface area contributed by atoms with Crippen LogP contribution in [0.5, 0.6) is 0 Å².